The van der Waals surface area contributed by atoms with Crippen molar-refractivity contribution >= 4 is 60.8 Å². The lowest BCUT2D eigenvalue weighted by Gasteiger charge is -2.55. The van der Waals surface area contributed by atoms with Crippen molar-refractivity contribution in [2.45, 2.75) is 24.2 Å². The maximum absolute atomic E-state index is 15.0. The monoisotopic (exact) mass is 715 g/mol. The summed E-state index contributed by atoms with van der Waals surface area (Å²) in [5.41, 5.74) is 1.73. The number of amides is 2. The van der Waals surface area contributed by atoms with Crippen molar-refractivity contribution in [2.75, 3.05) is 7.11 Å². The molecule has 6 atom stereocenters. The molecule has 3 aromatic carbocycles. The highest BCUT2D eigenvalue weighted by atomic mass is 79.9. The van der Waals surface area contributed by atoms with Gasteiger partial charge in [0.25, 0.3) is 0 Å². The molecule has 44 heavy (non-hydrogen) atoms. The molecule has 0 aromatic heterocycles. The van der Waals surface area contributed by atoms with Gasteiger partial charge in [0.1, 0.15) is 0 Å². The first-order valence-corrected chi connectivity index (χ1v) is 16.0. The average Bonchev–Trinajstić information content (AvgIpc) is 3.34. The van der Waals surface area contributed by atoms with Gasteiger partial charge in [-0.1, -0.05) is 72.3 Å². The molecule has 2 N–H and O–H groups in total. The molecule has 9 heteroatoms. The summed E-state index contributed by atoms with van der Waals surface area (Å²) in [6, 6.07) is 20.2. The third-order valence-corrected chi connectivity index (χ3v) is 12.1. The fourth-order valence-electron chi connectivity index (χ4n) is 8.11. The van der Waals surface area contributed by atoms with E-state index in [4.69, 9.17) is 4.74 Å². The van der Waals surface area contributed by atoms with Gasteiger partial charge in [0.15, 0.2) is 23.1 Å². The Morgan fingerprint density at radius 2 is 1.59 bits per heavy atom. The van der Waals surface area contributed by atoms with Crippen molar-refractivity contribution in [3.05, 3.63) is 110 Å². The zero-order chi connectivity index (χ0) is 30.9. The van der Waals surface area contributed by atoms with Crippen LogP contribution in [0.25, 0.3) is 5.57 Å². The Labute approximate surface area is 270 Å². The van der Waals surface area contributed by atoms with Gasteiger partial charge >= 0.3 is 0 Å². The third kappa shape index (κ3) is 3.98. The van der Waals surface area contributed by atoms with E-state index in [9.17, 15) is 19.5 Å². The number of nitrogens with one attached hydrogen (secondary N) is 1. The smallest absolute Gasteiger partial charge is 0.231 e. The summed E-state index contributed by atoms with van der Waals surface area (Å²) in [5.74, 6) is -4.23. The second kappa shape index (κ2) is 10.7. The summed E-state index contributed by atoms with van der Waals surface area (Å²) < 4.78 is 6.40. The highest BCUT2D eigenvalue weighted by Gasteiger charge is 2.65. The van der Waals surface area contributed by atoms with E-state index in [1.807, 2.05) is 66.7 Å². The number of hydrogen-bond donors (Lipinski definition) is 2. The minimum absolute atomic E-state index is 0.114. The number of phenols is 1. The molecular formula is C35H27Br2NO6. The fraction of sp³-hybridized carbons (Fsp3) is 0.257. The minimum atomic E-state index is -1.38. The van der Waals surface area contributed by atoms with E-state index in [2.05, 4.69) is 37.2 Å². The van der Waals surface area contributed by atoms with E-state index in [0.29, 0.717) is 37.6 Å². The van der Waals surface area contributed by atoms with Crippen LogP contribution in [0.2, 0.25) is 0 Å². The predicted molar refractivity (Wildman–Crippen MR) is 170 cm³/mol. The van der Waals surface area contributed by atoms with Crippen LogP contribution in [0.4, 0.5) is 0 Å². The first-order chi connectivity index (χ1) is 21.2. The molecule has 1 saturated carbocycles. The zero-order valence-electron chi connectivity index (χ0n) is 23.6. The molecule has 2 amide bonds. The van der Waals surface area contributed by atoms with Crippen LogP contribution in [0.15, 0.2) is 93.4 Å². The lowest BCUT2D eigenvalue weighted by molar-refractivity contribution is -0.135. The second-order valence-corrected chi connectivity index (χ2v) is 13.4. The highest BCUT2D eigenvalue weighted by molar-refractivity contribution is 9.13. The van der Waals surface area contributed by atoms with E-state index in [1.54, 1.807) is 6.07 Å². The largest absolute Gasteiger partial charge is 0.503 e. The maximum atomic E-state index is 15.0. The molecule has 6 unspecified atom stereocenters. The van der Waals surface area contributed by atoms with Crippen LogP contribution >= 0.6 is 31.9 Å². The van der Waals surface area contributed by atoms with Crippen molar-refractivity contribution in [1.82, 2.24) is 5.32 Å². The lowest BCUT2D eigenvalue weighted by atomic mass is 9.44. The number of aromatic hydroxyl groups is 1. The summed E-state index contributed by atoms with van der Waals surface area (Å²) in [6.45, 7) is 0. The van der Waals surface area contributed by atoms with Gasteiger partial charge < -0.3 is 9.84 Å². The Kier molecular flexibility index (Phi) is 7.01. The van der Waals surface area contributed by atoms with Gasteiger partial charge in [0.2, 0.25) is 11.8 Å². The number of phenolic OH excluding ortho intramolecular Hbond substituents is 1. The molecule has 3 aliphatic carbocycles. The molecule has 222 valence electrons. The molecule has 3 aromatic rings. The molecule has 0 bridgehead atoms. The van der Waals surface area contributed by atoms with Crippen LogP contribution in [-0.2, 0) is 24.6 Å². The van der Waals surface area contributed by atoms with Crippen LogP contribution in [0, 0.1) is 23.7 Å². The average molecular weight is 717 g/mol. The van der Waals surface area contributed by atoms with Gasteiger partial charge in [-0.25, -0.2) is 0 Å². The van der Waals surface area contributed by atoms with Crippen LogP contribution in [-0.4, -0.2) is 35.6 Å². The summed E-state index contributed by atoms with van der Waals surface area (Å²) in [5, 5.41) is 13.4. The van der Waals surface area contributed by atoms with Gasteiger partial charge in [-0.2, -0.15) is 0 Å². The van der Waals surface area contributed by atoms with Crippen molar-refractivity contribution in [2.24, 2.45) is 23.7 Å². The first kappa shape index (κ1) is 28.9. The number of rotatable bonds is 4. The highest BCUT2D eigenvalue weighted by Crippen LogP contribution is 2.64. The second-order valence-electron chi connectivity index (χ2n) is 11.8. The standard InChI is InChI=1S/C35H27Br2NO6/c1-44-25-15-23(29(36)30(37)32(25)41)28-19-12-13-20-27(34(43)38-33(20)42)22(19)14-24-31(40)21(17-8-4-2-5-9-17)16-26(39)35(24,28)18-10-6-3-7-11-18/h2-12,15-16,20,22,24,27-28,41H,13-14H2,1H3,(H,38,42,43). The number of hydrogen-bond acceptors (Lipinski definition) is 6. The summed E-state index contributed by atoms with van der Waals surface area (Å²) in [4.78, 5) is 56.0. The van der Waals surface area contributed by atoms with Crippen molar-refractivity contribution in [3.8, 4) is 11.5 Å². The number of Topliss-reactive ketones (excluding diaryl/α,β-unsaturated/α-hetero) is 1. The Hall–Kier alpha value is -3.82. The number of halogens is 2. The number of ketones is 2. The molecular weight excluding hydrogens is 690 g/mol. The maximum Gasteiger partial charge on any atom is 0.231 e. The Bertz CT molecular complexity index is 1820. The summed E-state index contributed by atoms with van der Waals surface area (Å²) >= 11 is 7.19. The van der Waals surface area contributed by atoms with Gasteiger partial charge in [0.05, 0.1) is 28.8 Å². The van der Waals surface area contributed by atoms with E-state index < -0.39 is 35.0 Å². The summed E-state index contributed by atoms with van der Waals surface area (Å²) in [6.07, 6.45) is 4.03. The minimum Gasteiger partial charge on any atom is -0.503 e. The number of carbonyl (C=O) groups excluding carboxylic acids is 4. The van der Waals surface area contributed by atoms with Gasteiger partial charge in [-0.15, -0.1) is 0 Å². The number of ether oxygens (including phenoxy) is 1. The summed E-state index contributed by atoms with van der Waals surface area (Å²) in [7, 11) is 1.45. The van der Waals surface area contributed by atoms with Gasteiger partial charge in [-0.3, -0.25) is 24.5 Å². The number of methoxy groups -OCH3 is 1. The Morgan fingerprint density at radius 1 is 0.909 bits per heavy atom. The Balaban J connectivity index is 1.57. The number of fused-ring (bicyclic) bond motifs is 4. The molecule has 7 rings (SSSR count). The van der Waals surface area contributed by atoms with Crippen LogP contribution < -0.4 is 10.1 Å². The quantitative estimate of drug-likeness (QED) is 0.252. The molecule has 1 heterocycles. The molecule has 7 nitrogen and oxygen atoms in total. The Morgan fingerprint density at radius 3 is 2.27 bits per heavy atom. The topological polar surface area (TPSA) is 110 Å². The number of carbonyl (C=O) groups is 4. The third-order valence-electron chi connectivity index (χ3n) is 9.92. The fourth-order valence-corrected chi connectivity index (χ4v) is 9.06. The zero-order valence-corrected chi connectivity index (χ0v) is 26.7. The lowest BCUT2D eigenvalue weighted by Crippen LogP contribution is -2.58. The van der Waals surface area contributed by atoms with Gasteiger partial charge in [0, 0.05) is 21.9 Å². The molecule has 1 saturated heterocycles. The molecule has 0 radical (unpaired) electrons. The van der Waals surface area contributed by atoms with Crippen LogP contribution in [0.1, 0.15) is 35.4 Å². The number of imide groups is 1. The molecule has 1 aliphatic heterocycles. The van der Waals surface area contributed by atoms with Gasteiger partial charge in [-0.05, 0) is 79.5 Å². The van der Waals surface area contributed by atoms with Crippen LogP contribution in [0.5, 0.6) is 11.5 Å². The number of allylic oxidation sites excluding steroid dienone is 4. The van der Waals surface area contributed by atoms with Crippen molar-refractivity contribution < 1.29 is 29.0 Å². The SMILES string of the molecule is COc1cc(C2C3=CCC4C(=O)NC(=O)C4C3CC3C(=O)C(c4ccccc4)=CC(=O)C32c2ccccc2)c(Br)c(Br)c1O. The number of benzene rings is 3. The van der Waals surface area contributed by atoms with Crippen LogP contribution in [0.3, 0.4) is 0 Å². The van der Waals surface area contributed by atoms with Crippen molar-refractivity contribution in [3.63, 3.8) is 0 Å². The first-order valence-electron chi connectivity index (χ1n) is 14.4. The molecule has 2 fully saturated rings. The van der Waals surface area contributed by atoms with E-state index in [0.717, 1.165) is 5.57 Å². The van der Waals surface area contributed by atoms with E-state index in [1.165, 1.54) is 13.2 Å². The van der Waals surface area contributed by atoms with Crippen molar-refractivity contribution in [1.29, 1.82) is 0 Å². The van der Waals surface area contributed by atoms with E-state index >= 15 is 4.79 Å². The normalized spacial score (nSPS) is 29.2. The molecule has 4 aliphatic rings. The van der Waals surface area contributed by atoms with E-state index in [-0.39, 0.29) is 41.3 Å². The molecule has 0 spiro atoms. The predicted octanol–water partition coefficient (Wildman–Crippen LogP) is 6.04.